The molecular weight excluding hydrogens is 210 g/mol. The number of hydrogen-bond donors (Lipinski definition) is 1. The molecule has 0 aliphatic heterocycles. The third-order valence-corrected chi connectivity index (χ3v) is 3.37. The van der Waals surface area contributed by atoms with E-state index < -0.39 is 0 Å². The number of rotatable bonds is 8. The van der Waals surface area contributed by atoms with Crippen molar-refractivity contribution in [2.75, 3.05) is 7.05 Å². The maximum atomic E-state index is 4.41. The van der Waals surface area contributed by atoms with Gasteiger partial charge in [0.05, 0.1) is 5.69 Å². The highest BCUT2D eigenvalue weighted by atomic mass is 15.3. The molecule has 0 bridgehead atoms. The minimum atomic E-state index is 0.463. The van der Waals surface area contributed by atoms with E-state index in [0.717, 1.165) is 5.69 Å². The maximum absolute atomic E-state index is 4.41. The van der Waals surface area contributed by atoms with Crippen molar-refractivity contribution in [1.29, 1.82) is 0 Å². The van der Waals surface area contributed by atoms with Gasteiger partial charge in [-0.05, 0) is 20.4 Å². The van der Waals surface area contributed by atoms with Gasteiger partial charge in [0, 0.05) is 24.8 Å². The zero-order valence-electron chi connectivity index (χ0n) is 11.8. The molecule has 1 unspecified atom stereocenters. The minimum Gasteiger partial charge on any atom is -0.313 e. The first-order chi connectivity index (χ1) is 8.19. The predicted molar refractivity (Wildman–Crippen MR) is 73.1 cm³/mol. The van der Waals surface area contributed by atoms with Gasteiger partial charge in [-0.25, -0.2) is 0 Å². The summed E-state index contributed by atoms with van der Waals surface area (Å²) in [4.78, 5) is 0. The lowest BCUT2D eigenvalue weighted by molar-refractivity contribution is 0.499. The van der Waals surface area contributed by atoms with Crippen LogP contribution in [0.4, 0.5) is 0 Å². The molecule has 0 aliphatic carbocycles. The summed E-state index contributed by atoms with van der Waals surface area (Å²) in [7, 11) is 4.04. The van der Waals surface area contributed by atoms with Crippen molar-refractivity contribution in [2.45, 2.75) is 58.4 Å². The smallest absolute Gasteiger partial charge is 0.0641 e. The Morgan fingerprint density at radius 2 is 2.00 bits per heavy atom. The van der Waals surface area contributed by atoms with E-state index in [1.807, 2.05) is 18.8 Å². The van der Waals surface area contributed by atoms with Gasteiger partial charge in [-0.2, -0.15) is 5.10 Å². The monoisotopic (exact) mass is 237 g/mol. The number of aryl methyl sites for hydroxylation is 2. The molecular formula is C14H27N3. The molecule has 98 valence electrons. The van der Waals surface area contributed by atoms with E-state index in [0.29, 0.717) is 6.04 Å². The normalized spacial score (nSPS) is 12.9. The quantitative estimate of drug-likeness (QED) is 0.703. The number of hydrogen-bond acceptors (Lipinski definition) is 2. The highest BCUT2D eigenvalue weighted by Gasteiger charge is 2.13. The van der Waals surface area contributed by atoms with Crippen LogP contribution < -0.4 is 5.32 Å². The Morgan fingerprint density at radius 1 is 1.29 bits per heavy atom. The van der Waals surface area contributed by atoms with Crippen LogP contribution in [0.2, 0.25) is 0 Å². The average molecular weight is 237 g/mol. The number of unbranched alkanes of at least 4 members (excludes halogenated alkanes) is 4. The van der Waals surface area contributed by atoms with Gasteiger partial charge in [0.2, 0.25) is 0 Å². The average Bonchev–Trinajstić information content (AvgIpc) is 2.63. The predicted octanol–water partition coefficient (Wildman–Crippen LogP) is 3.35. The molecule has 3 heteroatoms. The summed E-state index contributed by atoms with van der Waals surface area (Å²) < 4.78 is 1.91. The van der Waals surface area contributed by atoms with E-state index in [-0.39, 0.29) is 0 Å². The largest absolute Gasteiger partial charge is 0.313 e. The second-order valence-corrected chi connectivity index (χ2v) is 4.89. The fraction of sp³-hybridized carbons (Fsp3) is 0.786. The lowest BCUT2D eigenvalue weighted by Gasteiger charge is -2.15. The molecule has 1 aromatic rings. The van der Waals surface area contributed by atoms with Gasteiger partial charge >= 0.3 is 0 Å². The van der Waals surface area contributed by atoms with Crippen LogP contribution in [0, 0.1) is 6.92 Å². The summed E-state index contributed by atoms with van der Waals surface area (Å²) in [6, 6.07) is 0.463. The standard InChI is InChI=1S/C14H27N3/c1-5-6-7-8-9-10-14(15-3)13-11-17(4)16-12(13)2/h11,14-15H,5-10H2,1-4H3. The van der Waals surface area contributed by atoms with Crippen molar-refractivity contribution >= 4 is 0 Å². The molecule has 1 N–H and O–H groups in total. The molecule has 1 aromatic heterocycles. The summed E-state index contributed by atoms with van der Waals surface area (Å²) >= 11 is 0. The van der Waals surface area contributed by atoms with E-state index in [4.69, 9.17) is 0 Å². The van der Waals surface area contributed by atoms with E-state index in [1.165, 1.54) is 44.1 Å². The summed E-state index contributed by atoms with van der Waals surface area (Å²) in [5.41, 5.74) is 2.51. The van der Waals surface area contributed by atoms with Crippen LogP contribution in [0.15, 0.2) is 6.20 Å². The molecule has 1 heterocycles. The zero-order chi connectivity index (χ0) is 12.7. The van der Waals surface area contributed by atoms with Crippen molar-refractivity contribution < 1.29 is 0 Å². The highest BCUT2D eigenvalue weighted by molar-refractivity contribution is 5.19. The molecule has 0 saturated heterocycles. The Morgan fingerprint density at radius 3 is 2.53 bits per heavy atom. The summed E-state index contributed by atoms with van der Waals surface area (Å²) in [6.07, 6.45) is 10.1. The number of nitrogens with zero attached hydrogens (tertiary/aromatic N) is 2. The fourth-order valence-corrected chi connectivity index (χ4v) is 2.37. The fourth-order valence-electron chi connectivity index (χ4n) is 2.37. The zero-order valence-corrected chi connectivity index (χ0v) is 11.8. The van der Waals surface area contributed by atoms with Gasteiger partial charge in [-0.1, -0.05) is 39.0 Å². The van der Waals surface area contributed by atoms with Crippen molar-refractivity contribution in [3.8, 4) is 0 Å². The lowest BCUT2D eigenvalue weighted by Crippen LogP contribution is -2.16. The molecule has 1 rings (SSSR count). The Kier molecular flexibility index (Phi) is 6.27. The van der Waals surface area contributed by atoms with Crippen molar-refractivity contribution in [1.82, 2.24) is 15.1 Å². The van der Waals surface area contributed by atoms with Gasteiger partial charge in [0.25, 0.3) is 0 Å². The van der Waals surface area contributed by atoms with Gasteiger partial charge in [-0.15, -0.1) is 0 Å². The third-order valence-electron chi connectivity index (χ3n) is 3.37. The van der Waals surface area contributed by atoms with Crippen LogP contribution in [0.25, 0.3) is 0 Å². The summed E-state index contributed by atoms with van der Waals surface area (Å²) in [6.45, 7) is 4.35. The van der Waals surface area contributed by atoms with E-state index in [2.05, 4.69) is 30.5 Å². The molecule has 0 amide bonds. The third kappa shape index (κ3) is 4.50. The Bertz CT molecular complexity index is 317. The van der Waals surface area contributed by atoms with Crippen molar-refractivity contribution in [3.63, 3.8) is 0 Å². The first-order valence-electron chi connectivity index (χ1n) is 6.86. The first kappa shape index (κ1) is 14.2. The van der Waals surface area contributed by atoms with E-state index in [1.54, 1.807) is 0 Å². The molecule has 0 aromatic carbocycles. The molecule has 0 radical (unpaired) electrons. The molecule has 0 aliphatic rings. The van der Waals surface area contributed by atoms with E-state index >= 15 is 0 Å². The van der Waals surface area contributed by atoms with Gasteiger partial charge < -0.3 is 5.32 Å². The van der Waals surface area contributed by atoms with Crippen LogP contribution >= 0.6 is 0 Å². The Labute approximate surface area is 106 Å². The summed E-state index contributed by atoms with van der Waals surface area (Å²) in [5, 5.41) is 7.82. The Balaban J connectivity index is 2.40. The van der Waals surface area contributed by atoms with Gasteiger partial charge in [0.1, 0.15) is 0 Å². The first-order valence-corrected chi connectivity index (χ1v) is 6.86. The van der Waals surface area contributed by atoms with Gasteiger partial charge in [0.15, 0.2) is 0 Å². The van der Waals surface area contributed by atoms with Crippen LogP contribution in [0.1, 0.15) is 62.7 Å². The van der Waals surface area contributed by atoms with Crippen LogP contribution in [-0.4, -0.2) is 16.8 Å². The lowest BCUT2D eigenvalue weighted by atomic mass is 10.0. The summed E-state index contributed by atoms with van der Waals surface area (Å²) in [5.74, 6) is 0. The van der Waals surface area contributed by atoms with Crippen LogP contribution in [-0.2, 0) is 7.05 Å². The molecule has 0 saturated carbocycles. The molecule has 17 heavy (non-hydrogen) atoms. The van der Waals surface area contributed by atoms with Crippen molar-refractivity contribution in [2.24, 2.45) is 7.05 Å². The molecule has 0 fully saturated rings. The second kappa shape index (κ2) is 7.49. The van der Waals surface area contributed by atoms with Crippen LogP contribution in [0.5, 0.6) is 0 Å². The second-order valence-electron chi connectivity index (χ2n) is 4.89. The Hall–Kier alpha value is -0.830. The number of nitrogens with one attached hydrogen (secondary N) is 1. The SMILES string of the molecule is CCCCCCCC(NC)c1cn(C)nc1C. The molecule has 0 spiro atoms. The molecule has 3 nitrogen and oxygen atoms in total. The highest BCUT2D eigenvalue weighted by Crippen LogP contribution is 2.22. The van der Waals surface area contributed by atoms with Gasteiger partial charge in [-0.3, -0.25) is 4.68 Å². The minimum absolute atomic E-state index is 0.463. The number of aromatic nitrogens is 2. The van der Waals surface area contributed by atoms with Crippen molar-refractivity contribution in [3.05, 3.63) is 17.5 Å². The molecule has 1 atom stereocenters. The maximum Gasteiger partial charge on any atom is 0.0641 e. The topological polar surface area (TPSA) is 29.9 Å². The van der Waals surface area contributed by atoms with E-state index in [9.17, 15) is 0 Å². The van der Waals surface area contributed by atoms with Crippen LogP contribution in [0.3, 0.4) is 0 Å².